The second kappa shape index (κ2) is 9.88. The molecule has 1 unspecified atom stereocenters. The number of pyridine rings is 1. The van der Waals surface area contributed by atoms with Crippen molar-refractivity contribution in [3.05, 3.63) is 83.7 Å². The molecular formula is C25H23F6N3O2. The lowest BCUT2D eigenvalue weighted by Crippen LogP contribution is -2.49. The first kappa shape index (κ1) is 25.6. The molecule has 11 heteroatoms. The third-order valence-corrected chi connectivity index (χ3v) is 6.06. The lowest BCUT2D eigenvalue weighted by molar-refractivity contribution is -0.200. The van der Waals surface area contributed by atoms with Crippen LogP contribution in [0.4, 0.5) is 37.7 Å². The number of aliphatic hydroxyl groups excluding tert-OH is 1. The van der Waals surface area contributed by atoms with Crippen molar-refractivity contribution in [3.8, 4) is 5.75 Å². The van der Waals surface area contributed by atoms with Gasteiger partial charge in [0.05, 0.1) is 43.2 Å². The molecule has 0 radical (unpaired) electrons. The Morgan fingerprint density at radius 3 is 2.39 bits per heavy atom. The van der Waals surface area contributed by atoms with E-state index in [9.17, 15) is 31.4 Å². The van der Waals surface area contributed by atoms with E-state index in [1.54, 1.807) is 42.6 Å². The number of ether oxygens (including phenoxy) is 1. The molecule has 2 atom stereocenters. The number of fused-ring (bicyclic) bond motifs is 1. The first-order valence-corrected chi connectivity index (χ1v) is 11.0. The number of rotatable bonds is 6. The van der Waals surface area contributed by atoms with Crippen LogP contribution in [0.3, 0.4) is 0 Å². The summed E-state index contributed by atoms with van der Waals surface area (Å²) in [5.41, 5.74) is 0.730. The van der Waals surface area contributed by atoms with Gasteiger partial charge in [0, 0.05) is 12.7 Å². The van der Waals surface area contributed by atoms with Crippen molar-refractivity contribution in [1.82, 2.24) is 4.98 Å². The minimum Gasteiger partial charge on any atom is -0.495 e. The highest BCUT2D eigenvalue weighted by molar-refractivity contribution is 5.75. The highest BCUT2D eigenvalue weighted by Crippen LogP contribution is 2.43. The maximum absolute atomic E-state index is 13.5. The van der Waals surface area contributed by atoms with Gasteiger partial charge in [0.2, 0.25) is 0 Å². The quantitative estimate of drug-likeness (QED) is 0.437. The van der Waals surface area contributed by atoms with Crippen molar-refractivity contribution < 1.29 is 36.2 Å². The fourth-order valence-corrected chi connectivity index (χ4v) is 4.33. The van der Waals surface area contributed by atoms with Gasteiger partial charge in [-0.3, -0.25) is 4.98 Å². The van der Waals surface area contributed by atoms with Crippen LogP contribution in [-0.4, -0.2) is 42.6 Å². The SMILES string of the molecule is COc1cccnc1CN1CC(c2cccc(C(F)(F)F)c2)N(C[C@@H](O)C(F)(F)F)c2ccccc21. The summed E-state index contributed by atoms with van der Waals surface area (Å²) in [5.74, 6) is 0.500. The van der Waals surface area contributed by atoms with E-state index >= 15 is 0 Å². The van der Waals surface area contributed by atoms with Crippen LogP contribution in [0.2, 0.25) is 0 Å². The molecule has 0 amide bonds. The number of methoxy groups -OCH3 is 1. The predicted molar refractivity (Wildman–Crippen MR) is 122 cm³/mol. The van der Waals surface area contributed by atoms with E-state index in [0.29, 0.717) is 22.8 Å². The van der Waals surface area contributed by atoms with E-state index in [1.165, 1.54) is 24.1 Å². The van der Waals surface area contributed by atoms with Gasteiger partial charge in [-0.05, 0) is 42.0 Å². The van der Waals surface area contributed by atoms with E-state index in [1.807, 2.05) is 4.90 Å². The number of aromatic nitrogens is 1. The van der Waals surface area contributed by atoms with Gasteiger partial charge in [-0.15, -0.1) is 0 Å². The van der Waals surface area contributed by atoms with Crippen LogP contribution in [0.15, 0.2) is 66.9 Å². The second-order valence-electron chi connectivity index (χ2n) is 8.37. The maximum Gasteiger partial charge on any atom is 0.416 e. The molecule has 1 N–H and O–H groups in total. The molecular weight excluding hydrogens is 488 g/mol. The summed E-state index contributed by atoms with van der Waals surface area (Å²) in [5, 5.41) is 9.89. The molecule has 2 aromatic carbocycles. The average Bonchev–Trinajstić information content (AvgIpc) is 2.84. The molecule has 192 valence electrons. The molecule has 1 aliphatic rings. The molecule has 5 nitrogen and oxygen atoms in total. The predicted octanol–water partition coefficient (Wildman–Crippen LogP) is 5.60. The summed E-state index contributed by atoms with van der Waals surface area (Å²) >= 11 is 0. The summed E-state index contributed by atoms with van der Waals surface area (Å²) < 4.78 is 85.7. The van der Waals surface area contributed by atoms with Crippen molar-refractivity contribution in [2.45, 2.75) is 31.0 Å². The molecule has 1 aliphatic heterocycles. The highest BCUT2D eigenvalue weighted by Gasteiger charge is 2.43. The Hall–Kier alpha value is -3.47. The van der Waals surface area contributed by atoms with Crippen LogP contribution in [0.25, 0.3) is 0 Å². The van der Waals surface area contributed by atoms with Crippen molar-refractivity contribution in [1.29, 1.82) is 0 Å². The lowest BCUT2D eigenvalue weighted by Gasteiger charge is -2.45. The molecule has 0 aliphatic carbocycles. The van der Waals surface area contributed by atoms with Crippen molar-refractivity contribution in [2.24, 2.45) is 0 Å². The Balaban J connectivity index is 1.81. The van der Waals surface area contributed by atoms with Crippen molar-refractivity contribution in [3.63, 3.8) is 0 Å². The lowest BCUT2D eigenvalue weighted by atomic mass is 9.97. The number of halogens is 6. The molecule has 4 rings (SSSR count). The zero-order valence-electron chi connectivity index (χ0n) is 19.1. The Labute approximate surface area is 203 Å². The molecule has 0 saturated carbocycles. The van der Waals surface area contributed by atoms with Gasteiger partial charge >= 0.3 is 12.4 Å². The van der Waals surface area contributed by atoms with Crippen LogP contribution in [0, 0.1) is 0 Å². The standard InChI is InChI=1S/C25H23F6N3O2/c1-36-22-10-5-11-32-18(22)13-33-14-21(16-6-4-7-17(12-16)24(26,27)28)34(15-23(35)25(29,30)31)20-9-3-2-8-19(20)33/h2-12,21,23,35H,13-15H2,1H3/t21?,23-/m1/s1. The summed E-state index contributed by atoms with van der Waals surface area (Å²) in [6.45, 7) is -0.600. The minimum atomic E-state index is -4.90. The topological polar surface area (TPSA) is 48.8 Å². The number of para-hydroxylation sites is 2. The van der Waals surface area contributed by atoms with E-state index in [-0.39, 0.29) is 18.7 Å². The number of anilines is 2. The number of nitrogens with zero attached hydrogens (tertiary/aromatic N) is 3. The number of hydrogen-bond donors (Lipinski definition) is 1. The molecule has 2 heterocycles. The zero-order valence-corrected chi connectivity index (χ0v) is 19.1. The number of benzene rings is 2. The van der Waals surface area contributed by atoms with Gasteiger partial charge in [-0.25, -0.2) is 0 Å². The highest BCUT2D eigenvalue weighted by atomic mass is 19.4. The summed E-state index contributed by atoms with van der Waals surface area (Å²) in [6.07, 6.45) is -10.6. The van der Waals surface area contributed by atoms with E-state index in [2.05, 4.69) is 4.98 Å². The van der Waals surface area contributed by atoms with E-state index in [0.717, 1.165) is 12.1 Å². The monoisotopic (exact) mass is 511 g/mol. The minimum absolute atomic E-state index is 0.0443. The fourth-order valence-electron chi connectivity index (χ4n) is 4.33. The van der Waals surface area contributed by atoms with Gasteiger partial charge in [-0.2, -0.15) is 26.3 Å². The summed E-state index contributed by atoms with van der Waals surface area (Å²) in [6, 6.07) is 13.6. The Morgan fingerprint density at radius 2 is 1.72 bits per heavy atom. The zero-order chi connectivity index (χ0) is 26.1. The molecule has 1 aromatic heterocycles. The van der Waals surface area contributed by atoms with Gasteiger partial charge in [0.25, 0.3) is 0 Å². The number of alkyl halides is 6. The summed E-state index contributed by atoms with van der Waals surface area (Å²) in [4.78, 5) is 7.49. The Morgan fingerprint density at radius 1 is 1.00 bits per heavy atom. The average molecular weight is 511 g/mol. The molecule has 0 fully saturated rings. The van der Waals surface area contributed by atoms with Gasteiger partial charge in [-0.1, -0.05) is 24.3 Å². The van der Waals surface area contributed by atoms with Crippen LogP contribution in [-0.2, 0) is 12.7 Å². The number of hydrogen-bond acceptors (Lipinski definition) is 5. The Bertz CT molecular complexity index is 1200. The van der Waals surface area contributed by atoms with E-state index in [4.69, 9.17) is 4.74 Å². The number of aliphatic hydroxyl groups is 1. The third-order valence-electron chi connectivity index (χ3n) is 6.06. The molecule has 36 heavy (non-hydrogen) atoms. The van der Waals surface area contributed by atoms with Gasteiger partial charge in [0.1, 0.15) is 11.4 Å². The van der Waals surface area contributed by atoms with Crippen LogP contribution < -0.4 is 14.5 Å². The molecule has 0 saturated heterocycles. The van der Waals surface area contributed by atoms with Crippen molar-refractivity contribution >= 4 is 11.4 Å². The third kappa shape index (κ3) is 5.35. The maximum atomic E-state index is 13.5. The molecule has 0 bridgehead atoms. The number of β-amino-alcohol motifs (C(OH)–C–C–N with tert-alkyl or cyclic N) is 1. The first-order valence-electron chi connectivity index (χ1n) is 11.0. The fraction of sp³-hybridized carbons (Fsp3) is 0.320. The molecule has 3 aromatic rings. The van der Waals surface area contributed by atoms with Gasteiger partial charge in [0.15, 0.2) is 6.10 Å². The van der Waals surface area contributed by atoms with Crippen molar-refractivity contribution in [2.75, 3.05) is 30.0 Å². The second-order valence-corrected chi connectivity index (χ2v) is 8.37. The first-order chi connectivity index (χ1) is 17.0. The summed E-state index contributed by atoms with van der Waals surface area (Å²) in [7, 11) is 1.48. The smallest absolute Gasteiger partial charge is 0.416 e. The largest absolute Gasteiger partial charge is 0.495 e. The molecule has 0 spiro atoms. The van der Waals surface area contributed by atoms with Gasteiger partial charge < -0.3 is 19.6 Å². The van der Waals surface area contributed by atoms with E-state index < -0.39 is 36.6 Å². The van der Waals surface area contributed by atoms with Crippen LogP contribution in [0.5, 0.6) is 5.75 Å². The van der Waals surface area contributed by atoms with Crippen LogP contribution >= 0.6 is 0 Å². The van der Waals surface area contributed by atoms with Crippen LogP contribution in [0.1, 0.15) is 22.9 Å². The Kier molecular flexibility index (Phi) is 7.03. The normalized spacial score (nSPS) is 17.1.